The van der Waals surface area contributed by atoms with Crippen molar-refractivity contribution in [3.05, 3.63) is 155 Å². The molecule has 2 N–H and O–H groups in total. The lowest BCUT2D eigenvalue weighted by Gasteiger charge is -2.60. The molecule has 7 rings (SSSR count). The lowest BCUT2D eigenvalue weighted by Crippen LogP contribution is -2.70. The number of halogens is 2. The molecule has 0 bridgehead atoms. The Morgan fingerprint density at radius 1 is 0.817 bits per heavy atom. The van der Waals surface area contributed by atoms with Gasteiger partial charge < -0.3 is 34.2 Å². The molecular weight excluding hydrogens is 899 g/mol. The van der Waals surface area contributed by atoms with Crippen molar-refractivity contribution < 1.29 is 42.8 Å². The molecular formula is C60H76F2N2O7. The van der Waals surface area contributed by atoms with Crippen LogP contribution in [0.4, 0.5) is 8.78 Å². The maximum absolute atomic E-state index is 15.3. The van der Waals surface area contributed by atoms with E-state index in [-0.39, 0.29) is 81.3 Å². The van der Waals surface area contributed by atoms with E-state index < -0.39 is 17.7 Å². The second-order valence-corrected chi connectivity index (χ2v) is 19.6. The van der Waals surface area contributed by atoms with Crippen LogP contribution in [0.5, 0.6) is 11.5 Å². The predicted molar refractivity (Wildman–Crippen MR) is 276 cm³/mol. The van der Waals surface area contributed by atoms with Crippen molar-refractivity contribution in [3.63, 3.8) is 0 Å². The Morgan fingerprint density at radius 2 is 1.52 bits per heavy atom. The fourth-order valence-electron chi connectivity index (χ4n) is 11.2. The summed E-state index contributed by atoms with van der Waals surface area (Å²) in [5.74, 6) is -1.86. The first kappa shape index (κ1) is 53.4. The smallest absolute Gasteiger partial charge is 0.239 e. The number of hydrogen-bond donors (Lipinski definition) is 2. The van der Waals surface area contributed by atoms with Gasteiger partial charge in [0.1, 0.15) is 42.4 Å². The van der Waals surface area contributed by atoms with Crippen LogP contribution < -0.4 is 9.47 Å². The minimum Gasteiger partial charge on any atom is -0.489 e. The largest absolute Gasteiger partial charge is 0.489 e. The van der Waals surface area contributed by atoms with Crippen molar-refractivity contribution in [2.24, 2.45) is 22.9 Å². The van der Waals surface area contributed by atoms with Crippen molar-refractivity contribution in [2.45, 2.75) is 154 Å². The fourth-order valence-corrected chi connectivity index (χ4v) is 11.2. The minimum absolute atomic E-state index is 0.00127. The normalized spacial score (nSPS) is 21.7. The molecule has 1 saturated carbocycles. The highest BCUT2D eigenvalue weighted by Gasteiger charge is 2.65. The molecule has 9 nitrogen and oxygen atoms in total. The molecule has 1 heterocycles. The summed E-state index contributed by atoms with van der Waals surface area (Å²) in [5.41, 5.74) is 4.69. The Labute approximate surface area is 420 Å². The van der Waals surface area contributed by atoms with Gasteiger partial charge in [-0.25, -0.2) is 8.78 Å². The summed E-state index contributed by atoms with van der Waals surface area (Å²) < 4.78 is 50.5. The lowest BCUT2D eigenvalue weighted by molar-refractivity contribution is -0.258. The monoisotopic (exact) mass is 975 g/mol. The van der Waals surface area contributed by atoms with Gasteiger partial charge in [-0.15, -0.1) is 6.58 Å². The van der Waals surface area contributed by atoms with E-state index in [0.717, 1.165) is 73.6 Å². The number of aliphatic hydroxyl groups is 2. The maximum Gasteiger partial charge on any atom is 0.239 e. The van der Waals surface area contributed by atoms with Crippen LogP contribution in [0.15, 0.2) is 127 Å². The zero-order valence-corrected chi connectivity index (χ0v) is 41.8. The van der Waals surface area contributed by atoms with E-state index in [9.17, 15) is 19.0 Å². The van der Waals surface area contributed by atoms with Crippen molar-refractivity contribution in [1.29, 1.82) is 0 Å². The molecule has 71 heavy (non-hydrogen) atoms. The number of hydrogen-bond acceptors (Lipinski definition) is 8. The summed E-state index contributed by atoms with van der Waals surface area (Å²) in [4.78, 5) is 23.4. The van der Waals surface area contributed by atoms with Gasteiger partial charge in [0, 0.05) is 49.6 Å². The van der Waals surface area contributed by atoms with Crippen LogP contribution in [0.1, 0.15) is 144 Å². The molecule has 6 unspecified atom stereocenters. The first-order valence-corrected chi connectivity index (χ1v) is 26.4. The van der Waals surface area contributed by atoms with Crippen LogP contribution in [-0.2, 0) is 34.1 Å². The summed E-state index contributed by atoms with van der Waals surface area (Å²) in [6, 6.07) is 27.8. The second-order valence-electron chi connectivity index (χ2n) is 19.6. The number of fused-ring (bicyclic) bond motifs is 2. The Morgan fingerprint density at radius 3 is 2.24 bits per heavy atom. The van der Waals surface area contributed by atoms with Crippen LogP contribution in [0.25, 0.3) is 0 Å². The Balaban J connectivity index is 1.37. The van der Waals surface area contributed by atoms with Gasteiger partial charge in [-0.05, 0) is 97.0 Å². The van der Waals surface area contributed by atoms with E-state index in [1.807, 2.05) is 53.4 Å². The standard InChI is InChI=1S/C60H76F2N2O7/c1-3-5-6-7-8-9-10-11-15-28-57(67)64(41-44-29-31-48(61)32-30-44)56-40-54(63-70-42-45-22-13-12-14-23-45)51-38-46(24-18-20-35-65)50(26-19-21-36-66)58-52-39-49(68-43-47-25-16-17-27-53(47)62)33-34-55(52)71-60(56,59(51)58)69-37-4-2/h4,12-14,16-17,22-23,25,27,29-34,38-39,46,50,56,58-59,65-66H,2-3,5-11,15,18-21,24,26,28,35-37,40-43H2,1H3. The van der Waals surface area contributed by atoms with Crippen molar-refractivity contribution in [1.82, 2.24) is 4.90 Å². The second kappa shape index (κ2) is 27.5. The lowest BCUT2D eigenvalue weighted by atomic mass is 9.55. The molecule has 1 aliphatic heterocycles. The van der Waals surface area contributed by atoms with Gasteiger partial charge in [0.2, 0.25) is 11.7 Å². The number of amides is 1. The molecule has 0 spiro atoms. The van der Waals surface area contributed by atoms with Gasteiger partial charge in [-0.3, -0.25) is 4.79 Å². The number of nitrogens with zero attached hydrogens (tertiary/aromatic N) is 2. The highest BCUT2D eigenvalue weighted by molar-refractivity contribution is 6.03. The topological polar surface area (TPSA) is 110 Å². The van der Waals surface area contributed by atoms with Crippen molar-refractivity contribution >= 4 is 11.6 Å². The Kier molecular flexibility index (Phi) is 20.7. The average Bonchev–Trinajstić information content (AvgIpc) is 3.38. The van der Waals surface area contributed by atoms with E-state index in [1.54, 1.807) is 36.4 Å². The molecule has 0 aromatic heterocycles. The molecule has 0 saturated heterocycles. The van der Waals surface area contributed by atoms with Gasteiger partial charge in [0.05, 0.1) is 18.2 Å². The third-order valence-electron chi connectivity index (χ3n) is 14.7. The summed E-state index contributed by atoms with van der Waals surface area (Å²) in [6.07, 6.45) is 19.0. The first-order chi connectivity index (χ1) is 34.8. The van der Waals surface area contributed by atoms with E-state index in [4.69, 9.17) is 24.2 Å². The van der Waals surface area contributed by atoms with Gasteiger partial charge in [0.25, 0.3) is 0 Å². The number of unbranched alkanes of at least 4 members (excludes halogenated alkanes) is 10. The third-order valence-corrected chi connectivity index (χ3v) is 14.7. The zero-order chi connectivity index (χ0) is 49.8. The van der Waals surface area contributed by atoms with Gasteiger partial charge in [-0.1, -0.05) is 149 Å². The number of allylic oxidation sites excluding steroid dienone is 1. The molecule has 3 aliphatic rings. The minimum atomic E-state index is -1.47. The van der Waals surface area contributed by atoms with E-state index in [1.165, 1.54) is 50.3 Å². The molecule has 2 aliphatic carbocycles. The number of rotatable bonds is 30. The number of oxime groups is 1. The van der Waals surface area contributed by atoms with Crippen molar-refractivity contribution in [3.8, 4) is 11.5 Å². The van der Waals surface area contributed by atoms with Crippen LogP contribution in [0.2, 0.25) is 0 Å². The molecule has 4 aromatic rings. The van der Waals surface area contributed by atoms with E-state index >= 15 is 4.79 Å². The summed E-state index contributed by atoms with van der Waals surface area (Å²) in [7, 11) is 0. The van der Waals surface area contributed by atoms with Crippen LogP contribution in [0.3, 0.4) is 0 Å². The third kappa shape index (κ3) is 14.0. The predicted octanol–water partition coefficient (Wildman–Crippen LogP) is 13.3. The maximum atomic E-state index is 15.3. The summed E-state index contributed by atoms with van der Waals surface area (Å²) in [5, 5.41) is 25.1. The molecule has 0 radical (unpaired) electrons. The van der Waals surface area contributed by atoms with E-state index in [2.05, 4.69) is 19.6 Å². The Hall–Kier alpha value is -5.36. The number of carbonyl (C=O) groups is 1. The molecule has 6 atom stereocenters. The molecule has 11 heteroatoms. The zero-order valence-electron chi connectivity index (χ0n) is 41.8. The van der Waals surface area contributed by atoms with Gasteiger partial charge in [-0.2, -0.15) is 0 Å². The van der Waals surface area contributed by atoms with Crippen LogP contribution in [0, 0.1) is 29.4 Å². The Bertz CT molecular complexity index is 2340. The van der Waals surface area contributed by atoms with Crippen molar-refractivity contribution in [2.75, 3.05) is 19.8 Å². The van der Waals surface area contributed by atoms with Gasteiger partial charge >= 0.3 is 0 Å². The molecule has 1 amide bonds. The number of benzene rings is 4. The molecule has 1 fully saturated rings. The highest BCUT2D eigenvalue weighted by atomic mass is 19.1. The van der Waals surface area contributed by atoms with Gasteiger partial charge in [0.15, 0.2) is 0 Å². The summed E-state index contributed by atoms with van der Waals surface area (Å²) >= 11 is 0. The summed E-state index contributed by atoms with van der Waals surface area (Å²) in [6.45, 7) is 7.02. The SMILES string of the molecule is C=CCOC12Oc3ccc(OCc4ccccc4F)cc3C3C(CCCCO)C(CCCCO)C=C(C(=NOCc4ccccc4)CC1N(Cc1ccc(F)cc1)C(=O)CCCCCCCCCCC)C32. The molecule has 4 aromatic carbocycles. The highest BCUT2D eigenvalue weighted by Crippen LogP contribution is 2.62. The number of carbonyl (C=O) groups excluding carboxylic acids is 1. The van der Waals surface area contributed by atoms with E-state index in [0.29, 0.717) is 42.0 Å². The molecule has 382 valence electrons. The fraction of sp³-hybridized carbons (Fsp3) is 0.500. The van der Waals surface area contributed by atoms with Crippen LogP contribution >= 0.6 is 0 Å². The quantitative estimate of drug-likeness (QED) is 0.0304. The first-order valence-electron chi connectivity index (χ1n) is 26.4. The number of ether oxygens (including phenoxy) is 3. The average molecular weight is 975 g/mol. The van der Waals surface area contributed by atoms with Crippen LogP contribution in [-0.4, -0.2) is 58.4 Å². The number of aliphatic hydroxyl groups excluding tert-OH is 2.